The van der Waals surface area contributed by atoms with E-state index < -0.39 is 6.10 Å². The molecule has 1 aromatic carbocycles. The Balaban J connectivity index is 1.84. The second kappa shape index (κ2) is 5.80. The van der Waals surface area contributed by atoms with Crippen molar-refractivity contribution in [3.8, 4) is 0 Å². The van der Waals surface area contributed by atoms with E-state index >= 15 is 0 Å². The van der Waals surface area contributed by atoms with Crippen LogP contribution in [0.25, 0.3) is 0 Å². The molecule has 0 spiro atoms. The number of piperidine rings is 1. The van der Waals surface area contributed by atoms with Gasteiger partial charge >= 0.3 is 0 Å². The summed E-state index contributed by atoms with van der Waals surface area (Å²) in [7, 11) is 0. The van der Waals surface area contributed by atoms with Gasteiger partial charge in [0.05, 0.1) is 12.0 Å². The zero-order valence-corrected chi connectivity index (χ0v) is 9.73. The molecule has 0 aliphatic carbocycles. The lowest BCUT2D eigenvalue weighted by Gasteiger charge is -2.27. The summed E-state index contributed by atoms with van der Waals surface area (Å²) in [6.45, 7) is 1.86. The number of rotatable bonds is 3. The number of hydrogen-bond donors (Lipinski definition) is 3. The van der Waals surface area contributed by atoms with E-state index in [-0.39, 0.29) is 11.8 Å². The van der Waals surface area contributed by atoms with Crippen molar-refractivity contribution >= 4 is 5.91 Å². The van der Waals surface area contributed by atoms with E-state index in [4.69, 9.17) is 0 Å². The molecule has 2 unspecified atom stereocenters. The molecule has 17 heavy (non-hydrogen) atoms. The van der Waals surface area contributed by atoms with Gasteiger partial charge in [0.25, 0.3) is 0 Å². The lowest BCUT2D eigenvalue weighted by molar-refractivity contribution is -0.129. The molecule has 1 aliphatic rings. The molecular weight excluding hydrogens is 216 g/mol. The van der Waals surface area contributed by atoms with Crippen LogP contribution in [0.15, 0.2) is 30.3 Å². The van der Waals surface area contributed by atoms with Gasteiger partial charge in [-0.1, -0.05) is 30.3 Å². The number of carbonyl (C=O) groups excluding carboxylic acids is 1. The number of benzene rings is 1. The van der Waals surface area contributed by atoms with Gasteiger partial charge in [-0.3, -0.25) is 4.79 Å². The fourth-order valence-electron chi connectivity index (χ4n) is 2.03. The molecule has 0 saturated carbocycles. The number of nitrogens with one attached hydrogen (secondary N) is 2. The van der Waals surface area contributed by atoms with Crippen LogP contribution in [0.1, 0.15) is 12.0 Å². The number of aliphatic hydroxyl groups is 1. The zero-order valence-electron chi connectivity index (χ0n) is 9.73. The fraction of sp³-hybridized carbons (Fsp3) is 0.462. The second-order valence-corrected chi connectivity index (χ2v) is 4.37. The molecule has 0 bridgehead atoms. The van der Waals surface area contributed by atoms with Crippen molar-refractivity contribution < 1.29 is 9.90 Å². The Kier molecular flexibility index (Phi) is 4.12. The van der Waals surface area contributed by atoms with Gasteiger partial charge in [0, 0.05) is 13.1 Å². The molecule has 92 valence electrons. The Bertz CT molecular complexity index is 367. The Morgan fingerprint density at radius 3 is 2.88 bits per heavy atom. The normalized spacial score (nSPS) is 24.3. The predicted molar refractivity (Wildman–Crippen MR) is 65.3 cm³/mol. The fourth-order valence-corrected chi connectivity index (χ4v) is 2.03. The highest BCUT2D eigenvalue weighted by Gasteiger charge is 2.28. The first-order valence-corrected chi connectivity index (χ1v) is 5.98. The molecule has 3 N–H and O–H groups in total. The monoisotopic (exact) mass is 234 g/mol. The molecule has 1 fully saturated rings. The van der Waals surface area contributed by atoms with Gasteiger partial charge in [0.1, 0.15) is 0 Å². The minimum atomic E-state index is -0.521. The third-order valence-electron chi connectivity index (χ3n) is 3.09. The first kappa shape index (κ1) is 12.1. The minimum absolute atomic E-state index is 0.0754. The van der Waals surface area contributed by atoms with Gasteiger partial charge in [-0.15, -0.1) is 0 Å². The highest BCUT2D eigenvalue weighted by molar-refractivity contribution is 5.79. The third-order valence-corrected chi connectivity index (χ3v) is 3.09. The third kappa shape index (κ3) is 3.28. The molecule has 1 heterocycles. The van der Waals surface area contributed by atoms with E-state index in [0.29, 0.717) is 19.5 Å². The predicted octanol–water partition coefficient (Wildman–Crippen LogP) is 0.273. The number of aliphatic hydroxyl groups excluding tert-OH is 1. The Morgan fingerprint density at radius 1 is 1.41 bits per heavy atom. The first-order chi connectivity index (χ1) is 8.27. The topological polar surface area (TPSA) is 61.4 Å². The summed E-state index contributed by atoms with van der Waals surface area (Å²) in [4.78, 5) is 11.9. The maximum atomic E-state index is 11.9. The molecule has 4 heteroatoms. The van der Waals surface area contributed by atoms with Crippen LogP contribution in [0.4, 0.5) is 0 Å². The molecule has 2 rings (SSSR count). The van der Waals surface area contributed by atoms with Crippen LogP contribution in [-0.4, -0.2) is 30.2 Å². The zero-order chi connectivity index (χ0) is 12.1. The summed E-state index contributed by atoms with van der Waals surface area (Å²) >= 11 is 0. The summed E-state index contributed by atoms with van der Waals surface area (Å²) in [6, 6.07) is 9.77. The lowest BCUT2D eigenvalue weighted by atomic mass is 9.95. The summed E-state index contributed by atoms with van der Waals surface area (Å²) in [5.74, 6) is -0.402. The quantitative estimate of drug-likeness (QED) is 0.703. The molecule has 0 radical (unpaired) electrons. The van der Waals surface area contributed by atoms with Crippen molar-refractivity contribution in [1.29, 1.82) is 0 Å². The average molecular weight is 234 g/mol. The Hall–Kier alpha value is -1.39. The summed E-state index contributed by atoms with van der Waals surface area (Å²) < 4.78 is 0. The molecule has 0 aromatic heterocycles. The van der Waals surface area contributed by atoms with Gasteiger partial charge < -0.3 is 15.7 Å². The molecule has 2 atom stereocenters. The molecular formula is C13H18N2O2. The molecule has 1 saturated heterocycles. The van der Waals surface area contributed by atoms with Crippen molar-refractivity contribution in [3.63, 3.8) is 0 Å². The maximum Gasteiger partial charge on any atom is 0.227 e. The van der Waals surface area contributed by atoms with Crippen LogP contribution in [0.2, 0.25) is 0 Å². The van der Waals surface area contributed by atoms with E-state index in [1.165, 1.54) is 0 Å². The number of hydrogen-bond acceptors (Lipinski definition) is 3. The molecule has 1 amide bonds. The largest absolute Gasteiger partial charge is 0.392 e. The van der Waals surface area contributed by atoms with Crippen molar-refractivity contribution in [2.24, 2.45) is 5.92 Å². The van der Waals surface area contributed by atoms with Gasteiger partial charge in [-0.05, 0) is 18.5 Å². The smallest absolute Gasteiger partial charge is 0.227 e. The Labute approximate surface area is 101 Å². The van der Waals surface area contributed by atoms with Crippen LogP contribution < -0.4 is 10.6 Å². The summed E-state index contributed by atoms with van der Waals surface area (Å²) in [6.07, 6.45) is 0.121. The Morgan fingerprint density at radius 2 is 2.18 bits per heavy atom. The van der Waals surface area contributed by atoms with Gasteiger partial charge in [0.2, 0.25) is 5.91 Å². The SMILES string of the molecule is O=C(NCc1ccccc1)C1CNCCC1O. The van der Waals surface area contributed by atoms with E-state index in [2.05, 4.69) is 10.6 Å². The van der Waals surface area contributed by atoms with Crippen molar-refractivity contribution in [2.45, 2.75) is 19.1 Å². The molecule has 1 aliphatic heterocycles. The van der Waals surface area contributed by atoms with Crippen LogP contribution in [-0.2, 0) is 11.3 Å². The summed E-state index contributed by atoms with van der Waals surface area (Å²) in [5, 5.41) is 15.7. The van der Waals surface area contributed by atoms with Crippen LogP contribution in [0, 0.1) is 5.92 Å². The maximum absolute atomic E-state index is 11.9. The van der Waals surface area contributed by atoms with Crippen molar-refractivity contribution in [3.05, 3.63) is 35.9 Å². The van der Waals surface area contributed by atoms with Crippen LogP contribution in [0.5, 0.6) is 0 Å². The average Bonchev–Trinajstić information content (AvgIpc) is 2.38. The van der Waals surface area contributed by atoms with Gasteiger partial charge in [-0.25, -0.2) is 0 Å². The second-order valence-electron chi connectivity index (χ2n) is 4.37. The number of carbonyl (C=O) groups is 1. The van der Waals surface area contributed by atoms with Crippen LogP contribution in [0.3, 0.4) is 0 Å². The molecule has 4 nitrogen and oxygen atoms in total. The van der Waals surface area contributed by atoms with Crippen molar-refractivity contribution in [2.75, 3.05) is 13.1 Å². The van der Waals surface area contributed by atoms with E-state index in [1.54, 1.807) is 0 Å². The van der Waals surface area contributed by atoms with Gasteiger partial charge in [0.15, 0.2) is 0 Å². The van der Waals surface area contributed by atoms with E-state index in [1.807, 2.05) is 30.3 Å². The molecule has 1 aromatic rings. The van der Waals surface area contributed by atoms with Gasteiger partial charge in [-0.2, -0.15) is 0 Å². The highest BCUT2D eigenvalue weighted by Crippen LogP contribution is 2.11. The lowest BCUT2D eigenvalue weighted by Crippen LogP contribution is -2.47. The first-order valence-electron chi connectivity index (χ1n) is 5.98. The van der Waals surface area contributed by atoms with E-state index in [0.717, 1.165) is 12.1 Å². The number of amides is 1. The van der Waals surface area contributed by atoms with E-state index in [9.17, 15) is 9.90 Å². The highest BCUT2D eigenvalue weighted by atomic mass is 16.3. The van der Waals surface area contributed by atoms with Crippen LogP contribution >= 0.6 is 0 Å². The minimum Gasteiger partial charge on any atom is -0.392 e. The van der Waals surface area contributed by atoms with Crippen molar-refractivity contribution in [1.82, 2.24) is 10.6 Å². The standard InChI is InChI=1S/C13H18N2O2/c16-12-6-7-14-9-11(12)13(17)15-8-10-4-2-1-3-5-10/h1-5,11-12,14,16H,6-9H2,(H,15,17). The summed E-state index contributed by atoms with van der Waals surface area (Å²) in [5.41, 5.74) is 1.07.